The summed E-state index contributed by atoms with van der Waals surface area (Å²) >= 11 is 0. The van der Waals surface area contributed by atoms with E-state index in [1.165, 1.54) is 0 Å². The SMILES string of the molecule is CCOCC(C)OC(C)CC(C)(O)CN. The van der Waals surface area contributed by atoms with Gasteiger partial charge in [0.25, 0.3) is 0 Å². The zero-order valence-corrected chi connectivity index (χ0v) is 10.3. The highest BCUT2D eigenvalue weighted by atomic mass is 16.5. The van der Waals surface area contributed by atoms with Gasteiger partial charge >= 0.3 is 0 Å². The van der Waals surface area contributed by atoms with Crippen LogP contribution >= 0.6 is 0 Å². The van der Waals surface area contributed by atoms with Crippen LogP contribution in [0.15, 0.2) is 0 Å². The highest BCUT2D eigenvalue weighted by molar-refractivity contribution is 4.76. The van der Waals surface area contributed by atoms with Gasteiger partial charge < -0.3 is 20.3 Å². The molecule has 3 atom stereocenters. The van der Waals surface area contributed by atoms with Gasteiger partial charge in [0, 0.05) is 19.6 Å². The summed E-state index contributed by atoms with van der Waals surface area (Å²) in [4.78, 5) is 0. The van der Waals surface area contributed by atoms with Crippen LogP contribution in [0.5, 0.6) is 0 Å². The summed E-state index contributed by atoms with van der Waals surface area (Å²) < 4.78 is 10.9. The Morgan fingerprint density at radius 1 is 1.33 bits per heavy atom. The Bertz CT molecular complexity index is 162. The molecule has 0 spiro atoms. The van der Waals surface area contributed by atoms with Crippen molar-refractivity contribution in [2.45, 2.75) is 51.9 Å². The third-order valence-corrected chi connectivity index (χ3v) is 2.19. The molecule has 0 rings (SSSR count). The second-order valence-electron chi connectivity index (χ2n) is 4.32. The summed E-state index contributed by atoms with van der Waals surface area (Å²) in [5, 5.41) is 9.75. The Labute approximate surface area is 92.7 Å². The van der Waals surface area contributed by atoms with Gasteiger partial charge in [-0.2, -0.15) is 0 Å². The molecule has 3 unspecified atom stereocenters. The Kier molecular flexibility index (Phi) is 7.09. The first-order valence-corrected chi connectivity index (χ1v) is 5.57. The number of ether oxygens (including phenoxy) is 2. The summed E-state index contributed by atoms with van der Waals surface area (Å²) in [6.45, 7) is 9.11. The number of aliphatic hydroxyl groups is 1. The van der Waals surface area contributed by atoms with Crippen LogP contribution in [0.2, 0.25) is 0 Å². The van der Waals surface area contributed by atoms with Gasteiger partial charge in [-0.3, -0.25) is 0 Å². The molecule has 0 saturated carbocycles. The Morgan fingerprint density at radius 2 is 1.93 bits per heavy atom. The Hall–Kier alpha value is -0.160. The second kappa shape index (κ2) is 7.17. The molecule has 0 aliphatic carbocycles. The first-order chi connectivity index (χ1) is 6.91. The summed E-state index contributed by atoms with van der Waals surface area (Å²) in [6.07, 6.45) is 0.576. The Morgan fingerprint density at radius 3 is 2.40 bits per heavy atom. The zero-order valence-electron chi connectivity index (χ0n) is 10.3. The maximum atomic E-state index is 9.75. The van der Waals surface area contributed by atoms with Crippen LogP contribution in [-0.2, 0) is 9.47 Å². The molecule has 0 fully saturated rings. The molecule has 0 aliphatic heterocycles. The summed E-state index contributed by atoms with van der Waals surface area (Å²) in [6, 6.07) is 0. The molecule has 0 aromatic heterocycles. The molecule has 4 nitrogen and oxygen atoms in total. The molecule has 3 N–H and O–H groups in total. The molecule has 92 valence electrons. The van der Waals surface area contributed by atoms with Gasteiger partial charge in [-0.25, -0.2) is 0 Å². The van der Waals surface area contributed by atoms with Gasteiger partial charge in [-0.05, 0) is 27.7 Å². The van der Waals surface area contributed by atoms with E-state index >= 15 is 0 Å². The Balaban J connectivity index is 3.77. The lowest BCUT2D eigenvalue weighted by Gasteiger charge is -2.27. The average molecular weight is 219 g/mol. The lowest BCUT2D eigenvalue weighted by molar-refractivity contribution is -0.0702. The molecule has 4 heteroatoms. The molecule has 0 bridgehead atoms. The molecular weight excluding hydrogens is 194 g/mol. The molecule has 0 radical (unpaired) electrons. The molecule has 0 heterocycles. The minimum atomic E-state index is -0.843. The molecule has 0 amide bonds. The summed E-state index contributed by atoms with van der Waals surface area (Å²) in [5.74, 6) is 0. The van der Waals surface area contributed by atoms with Crippen molar-refractivity contribution in [2.75, 3.05) is 19.8 Å². The van der Waals surface area contributed by atoms with Crippen molar-refractivity contribution < 1.29 is 14.6 Å². The lowest BCUT2D eigenvalue weighted by Crippen LogP contribution is -2.38. The quantitative estimate of drug-likeness (QED) is 0.637. The van der Waals surface area contributed by atoms with Crippen LogP contribution in [0.25, 0.3) is 0 Å². The minimum Gasteiger partial charge on any atom is -0.389 e. The van der Waals surface area contributed by atoms with Gasteiger partial charge in [-0.15, -0.1) is 0 Å². The van der Waals surface area contributed by atoms with Gasteiger partial charge in [0.1, 0.15) is 0 Å². The van der Waals surface area contributed by atoms with E-state index in [1.807, 2.05) is 20.8 Å². The van der Waals surface area contributed by atoms with Crippen molar-refractivity contribution in [1.82, 2.24) is 0 Å². The fourth-order valence-electron chi connectivity index (χ4n) is 1.47. The van der Waals surface area contributed by atoms with E-state index in [-0.39, 0.29) is 18.8 Å². The molecule has 0 saturated heterocycles. The van der Waals surface area contributed by atoms with Crippen molar-refractivity contribution in [3.05, 3.63) is 0 Å². The van der Waals surface area contributed by atoms with Crippen molar-refractivity contribution in [3.8, 4) is 0 Å². The minimum absolute atomic E-state index is 0.0148. The van der Waals surface area contributed by atoms with Crippen LogP contribution in [0, 0.1) is 0 Å². The molecule has 0 aromatic carbocycles. The second-order valence-corrected chi connectivity index (χ2v) is 4.32. The highest BCUT2D eigenvalue weighted by Gasteiger charge is 2.22. The topological polar surface area (TPSA) is 64.7 Å². The van der Waals surface area contributed by atoms with Crippen LogP contribution < -0.4 is 5.73 Å². The molecule has 0 aliphatic rings. The maximum Gasteiger partial charge on any atom is 0.0784 e. The predicted molar refractivity (Wildman–Crippen MR) is 60.8 cm³/mol. The number of hydrogen-bond acceptors (Lipinski definition) is 4. The van der Waals surface area contributed by atoms with Crippen molar-refractivity contribution in [3.63, 3.8) is 0 Å². The molecular formula is C11H25NO3. The first-order valence-electron chi connectivity index (χ1n) is 5.57. The monoisotopic (exact) mass is 219 g/mol. The predicted octanol–water partition coefficient (Wildman–Crippen LogP) is 0.916. The fraction of sp³-hybridized carbons (Fsp3) is 1.00. The van der Waals surface area contributed by atoms with E-state index < -0.39 is 5.60 Å². The number of hydrogen-bond donors (Lipinski definition) is 2. The van der Waals surface area contributed by atoms with Crippen LogP contribution in [0.4, 0.5) is 0 Å². The zero-order chi connectivity index (χ0) is 11.9. The summed E-state index contributed by atoms with van der Waals surface area (Å²) in [5.41, 5.74) is 4.59. The van der Waals surface area contributed by atoms with Crippen molar-refractivity contribution in [1.29, 1.82) is 0 Å². The van der Waals surface area contributed by atoms with E-state index in [0.29, 0.717) is 19.6 Å². The van der Waals surface area contributed by atoms with Gasteiger partial charge in [0.05, 0.1) is 24.4 Å². The smallest absolute Gasteiger partial charge is 0.0784 e. The van der Waals surface area contributed by atoms with Gasteiger partial charge in [0.2, 0.25) is 0 Å². The highest BCUT2D eigenvalue weighted by Crippen LogP contribution is 2.14. The van der Waals surface area contributed by atoms with E-state index in [0.717, 1.165) is 0 Å². The van der Waals surface area contributed by atoms with E-state index in [4.69, 9.17) is 15.2 Å². The fourth-order valence-corrected chi connectivity index (χ4v) is 1.47. The average Bonchev–Trinajstić information content (AvgIpc) is 2.13. The van der Waals surface area contributed by atoms with Crippen LogP contribution in [0.1, 0.15) is 34.1 Å². The van der Waals surface area contributed by atoms with Gasteiger partial charge in [0.15, 0.2) is 0 Å². The van der Waals surface area contributed by atoms with Crippen LogP contribution in [0.3, 0.4) is 0 Å². The van der Waals surface area contributed by atoms with E-state index in [1.54, 1.807) is 6.92 Å². The van der Waals surface area contributed by atoms with Crippen molar-refractivity contribution in [2.24, 2.45) is 5.73 Å². The third kappa shape index (κ3) is 7.73. The van der Waals surface area contributed by atoms with E-state index in [2.05, 4.69) is 0 Å². The van der Waals surface area contributed by atoms with Gasteiger partial charge in [-0.1, -0.05) is 0 Å². The molecule has 15 heavy (non-hydrogen) atoms. The largest absolute Gasteiger partial charge is 0.389 e. The number of rotatable bonds is 8. The summed E-state index contributed by atoms with van der Waals surface area (Å²) in [7, 11) is 0. The third-order valence-electron chi connectivity index (χ3n) is 2.19. The first kappa shape index (κ1) is 14.8. The number of nitrogens with two attached hydrogens (primary N) is 1. The van der Waals surface area contributed by atoms with Crippen LogP contribution in [-0.4, -0.2) is 42.7 Å². The molecule has 0 aromatic rings. The van der Waals surface area contributed by atoms with Crippen molar-refractivity contribution >= 4 is 0 Å². The standard InChI is InChI=1S/C11H25NO3/c1-5-14-7-10(3)15-9(2)6-11(4,13)8-12/h9-10,13H,5-8,12H2,1-4H3. The van der Waals surface area contributed by atoms with E-state index in [9.17, 15) is 5.11 Å². The normalized spacial score (nSPS) is 19.6. The maximum absolute atomic E-state index is 9.75. The lowest BCUT2D eigenvalue weighted by atomic mass is 9.99.